The molecule has 0 heterocycles. The Morgan fingerprint density at radius 3 is 2.15 bits per heavy atom. The molecule has 1 saturated carbocycles. The van der Waals surface area contributed by atoms with Crippen LogP contribution < -0.4 is 0 Å². The number of rotatable bonds is 4. The largest absolute Gasteiger partial charge is 0.297 e. The smallest absolute Gasteiger partial charge is 0.262 e. The Morgan fingerprint density at radius 1 is 0.926 bits per heavy atom. The number of hydrogen-bond acceptors (Lipinski definition) is 3. The van der Waals surface area contributed by atoms with E-state index < -0.39 is 10.1 Å². The van der Waals surface area contributed by atoms with Crippen molar-refractivity contribution in [2.45, 2.75) is 63.9 Å². The van der Waals surface area contributed by atoms with Crippen molar-refractivity contribution in [3.63, 3.8) is 0 Å². The summed E-state index contributed by atoms with van der Waals surface area (Å²) in [7, 11) is -3.79. The van der Waals surface area contributed by atoms with E-state index in [9.17, 15) is 8.42 Å². The van der Waals surface area contributed by atoms with Gasteiger partial charge in [0.25, 0.3) is 10.1 Å². The first-order chi connectivity index (χ1) is 12.7. The summed E-state index contributed by atoms with van der Waals surface area (Å²) in [5.74, 6) is 0.542. The van der Waals surface area contributed by atoms with Gasteiger partial charge in [-0.05, 0) is 55.2 Å². The minimum absolute atomic E-state index is 0.102. The third-order valence-corrected chi connectivity index (χ3v) is 7.15. The maximum atomic E-state index is 12.9. The van der Waals surface area contributed by atoms with Crippen LogP contribution in [0.4, 0.5) is 0 Å². The van der Waals surface area contributed by atoms with Crippen molar-refractivity contribution in [3.05, 3.63) is 65.7 Å². The monoisotopic (exact) mass is 386 g/mol. The molecule has 146 valence electrons. The van der Waals surface area contributed by atoms with Crippen molar-refractivity contribution in [2.75, 3.05) is 0 Å². The molecule has 3 atom stereocenters. The van der Waals surface area contributed by atoms with Gasteiger partial charge in [-0.3, -0.25) is 4.18 Å². The van der Waals surface area contributed by atoms with Crippen LogP contribution in [0.3, 0.4) is 0 Å². The van der Waals surface area contributed by atoms with Crippen molar-refractivity contribution in [2.24, 2.45) is 11.3 Å². The zero-order valence-corrected chi connectivity index (χ0v) is 17.5. The number of benzene rings is 2. The van der Waals surface area contributed by atoms with Gasteiger partial charge >= 0.3 is 0 Å². The van der Waals surface area contributed by atoms with E-state index in [-0.39, 0.29) is 22.3 Å². The van der Waals surface area contributed by atoms with Gasteiger partial charge in [0, 0.05) is 5.92 Å². The lowest BCUT2D eigenvalue weighted by molar-refractivity contribution is 0.0612. The van der Waals surface area contributed by atoms with Crippen LogP contribution in [-0.4, -0.2) is 14.5 Å². The fourth-order valence-corrected chi connectivity index (χ4v) is 5.15. The molecule has 0 aromatic heterocycles. The van der Waals surface area contributed by atoms with Gasteiger partial charge in [0.05, 0.1) is 11.0 Å². The average Bonchev–Trinajstić information content (AvgIpc) is 2.62. The lowest BCUT2D eigenvalue weighted by atomic mass is 9.67. The highest BCUT2D eigenvalue weighted by atomic mass is 32.2. The second-order valence-corrected chi connectivity index (χ2v) is 10.4. The highest BCUT2D eigenvalue weighted by Gasteiger charge is 2.39. The molecular weight excluding hydrogens is 356 g/mol. The van der Waals surface area contributed by atoms with Gasteiger partial charge in [-0.15, -0.1) is 0 Å². The van der Waals surface area contributed by atoms with E-state index in [1.165, 1.54) is 0 Å². The third kappa shape index (κ3) is 4.80. The molecule has 0 amide bonds. The molecule has 3 rings (SSSR count). The van der Waals surface area contributed by atoms with Gasteiger partial charge in [-0.2, -0.15) is 8.42 Å². The summed E-state index contributed by atoms with van der Waals surface area (Å²) < 4.78 is 31.7. The second-order valence-electron chi connectivity index (χ2n) is 8.80. The molecule has 4 heteroatoms. The highest BCUT2D eigenvalue weighted by Crippen LogP contribution is 2.45. The quantitative estimate of drug-likeness (QED) is 0.633. The van der Waals surface area contributed by atoms with Crippen molar-refractivity contribution in [1.82, 2.24) is 0 Å². The van der Waals surface area contributed by atoms with E-state index in [0.29, 0.717) is 5.92 Å². The lowest BCUT2D eigenvalue weighted by Crippen LogP contribution is -2.36. The Kier molecular flexibility index (Phi) is 5.78. The molecule has 1 aliphatic rings. The topological polar surface area (TPSA) is 43.4 Å². The maximum Gasteiger partial charge on any atom is 0.297 e. The fraction of sp³-hybridized carbons (Fsp3) is 0.478. The molecule has 0 saturated heterocycles. The van der Waals surface area contributed by atoms with Crippen LogP contribution in [-0.2, 0) is 14.3 Å². The van der Waals surface area contributed by atoms with Crippen LogP contribution in [0.5, 0.6) is 0 Å². The summed E-state index contributed by atoms with van der Waals surface area (Å²) in [5, 5.41) is 0. The first kappa shape index (κ1) is 20.1. The van der Waals surface area contributed by atoms with Crippen LogP contribution in [0.25, 0.3) is 0 Å². The van der Waals surface area contributed by atoms with E-state index in [2.05, 4.69) is 32.9 Å². The molecule has 2 aromatic carbocycles. The summed E-state index contributed by atoms with van der Waals surface area (Å²) in [6.07, 6.45) is 2.46. The molecule has 1 aliphatic carbocycles. The van der Waals surface area contributed by atoms with Crippen LogP contribution in [0.2, 0.25) is 0 Å². The first-order valence-electron chi connectivity index (χ1n) is 9.72. The maximum absolute atomic E-state index is 12.9. The Bertz CT molecular complexity index is 849. The zero-order valence-electron chi connectivity index (χ0n) is 16.7. The Morgan fingerprint density at radius 2 is 1.56 bits per heavy atom. The molecule has 0 bridgehead atoms. The van der Waals surface area contributed by atoms with Gasteiger partial charge in [0.15, 0.2) is 0 Å². The normalized spacial score (nSPS) is 23.9. The predicted octanol–water partition coefficient (Wildman–Crippen LogP) is 5.70. The minimum atomic E-state index is -3.79. The molecule has 3 nitrogen and oxygen atoms in total. The van der Waals surface area contributed by atoms with Crippen molar-refractivity contribution in [1.29, 1.82) is 0 Å². The molecule has 1 fully saturated rings. The second kappa shape index (κ2) is 7.76. The van der Waals surface area contributed by atoms with Crippen molar-refractivity contribution < 1.29 is 12.6 Å². The fourth-order valence-electron chi connectivity index (χ4n) is 4.03. The zero-order chi connectivity index (χ0) is 19.7. The predicted molar refractivity (Wildman–Crippen MR) is 109 cm³/mol. The van der Waals surface area contributed by atoms with Gasteiger partial charge in [0.1, 0.15) is 0 Å². The van der Waals surface area contributed by atoms with E-state index >= 15 is 0 Å². The Balaban J connectivity index is 1.89. The van der Waals surface area contributed by atoms with Gasteiger partial charge < -0.3 is 0 Å². The third-order valence-electron chi connectivity index (χ3n) is 5.80. The molecule has 27 heavy (non-hydrogen) atoms. The summed E-state index contributed by atoms with van der Waals surface area (Å²) in [6, 6.07) is 17.1. The molecular formula is C23H30O3S. The highest BCUT2D eigenvalue weighted by molar-refractivity contribution is 7.86. The Hall–Kier alpha value is -1.65. The SMILES string of the molecule is Cc1ccc(S(=O)(=O)O[C@@H]2C[C@@H](C(C)(C)C)CC[C@@H]2c2ccccc2)cc1. The van der Waals surface area contributed by atoms with Crippen LogP contribution in [0.15, 0.2) is 59.5 Å². The molecule has 0 unspecified atom stereocenters. The number of hydrogen-bond donors (Lipinski definition) is 0. The van der Waals surface area contributed by atoms with E-state index in [4.69, 9.17) is 4.18 Å². The van der Waals surface area contributed by atoms with E-state index in [1.54, 1.807) is 12.1 Å². The van der Waals surface area contributed by atoms with Crippen LogP contribution >= 0.6 is 0 Å². The molecule has 0 N–H and O–H groups in total. The number of aryl methyl sites for hydroxylation is 1. The van der Waals surface area contributed by atoms with Crippen molar-refractivity contribution >= 4 is 10.1 Å². The molecule has 0 spiro atoms. The summed E-state index contributed by atoms with van der Waals surface area (Å²) in [4.78, 5) is 0.234. The molecule has 0 aliphatic heterocycles. The average molecular weight is 387 g/mol. The van der Waals surface area contributed by atoms with Crippen LogP contribution in [0, 0.1) is 18.3 Å². The standard InChI is InChI=1S/C23H30O3S/c1-17-10-13-20(14-11-17)27(24,25)26-22-16-19(23(2,3)4)12-15-21(22)18-8-6-5-7-9-18/h5-11,13-14,19,21-22H,12,15-16H2,1-4H3/t19-,21+,22+/m0/s1. The van der Waals surface area contributed by atoms with E-state index in [1.807, 2.05) is 37.3 Å². The molecule has 0 radical (unpaired) electrons. The lowest BCUT2D eigenvalue weighted by Gasteiger charge is -2.41. The Labute approximate surface area is 163 Å². The van der Waals surface area contributed by atoms with Gasteiger partial charge in [-0.25, -0.2) is 0 Å². The molecule has 2 aromatic rings. The summed E-state index contributed by atoms with van der Waals surface area (Å²) >= 11 is 0. The van der Waals surface area contributed by atoms with Gasteiger partial charge in [0.2, 0.25) is 0 Å². The first-order valence-corrected chi connectivity index (χ1v) is 11.1. The summed E-state index contributed by atoms with van der Waals surface area (Å²) in [6.45, 7) is 8.63. The van der Waals surface area contributed by atoms with Crippen LogP contribution in [0.1, 0.15) is 57.1 Å². The van der Waals surface area contributed by atoms with Crippen molar-refractivity contribution in [3.8, 4) is 0 Å². The van der Waals surface area contributed by atoms with Gasteiger partial charge in [-0.1, -0.05) is 68.8 Å². The minimum Gasteiger partial charge on any atom is -0.262 e. The summed E-state index contributed by atoms with van der Waals surface area (Å²) in [5.41, 5.74) is 2.33. The van der Waals surface area contributed by atoms with E-state index in [0.717, 1.165) is 30.4 Å².